The van der Waals surface area contributed by atoms with Gasteiger partial charge in [0.1, 0.15) is 12.3 Å². The van der Waals surface area contributed by atoms with Crippen molar-refractivity contribution in [2.45, 2.75) is 20.0 Å². The molecule has 0 aromatic heterocycles. The minimum Gasteiger partial charge on any atom is -0.491 e. The summed E-state index contributed by atoms with van der Waals surface area (Å²) in [5, 5.41) is 0.581. The molecule has 2 amide bonds. The molecular formula is C20H21ClN2O3. The van der Waals surface area contributed by atoms with Crippen molar-refractivity contribution in [1.82, 2.24) is 4.90 Å². The van der Waals surface area contributed by atoms with E-state index in [4.69, 9.17) is 16.3 Å². The fraction of sp³-hybridized carbons (Fsp3) is 0.300. The molecule has 6 heteroatoms. The number of amides is 2. The van der Waals surface area contributed by atoms with Crippen molar-refractivity contribution in [2.75, 3.05) is 24.5 Å². The molecular weight excluding hydrogens is 352 g/mol. The second-order valence-corrected chi connectivity index (χ2v) is 6.88. The van der Waals surface area contributed by atoms with E-state index in [0.29, 0.717) is 23.7 Å². The van der Waals surface area contributed by atoms with Crippen molar-refractivity contribution in [3.05, 3.63) is 59.1 Å². The molecule has 0 bridgehead atoms. The lowest BCUT2D eigenvalue weighted by molar-refractivity contribution is -0.120. The third-order valence-electron chi connectivity index (χ3n) is 4.10. The smallest absolute Gasteiger partial charge is 0.254 e. The molecule has 0 saturated carbocycles. The molecule has 1 saturated heterocycles. The van der Waals surface area contributed by atoms with Crippen LogP contribution in [0.4, 0.5) is 5.69 Å². The molecule has 2 aromatic carbocycles. The highest BCUT2D eigenvalue weighted by atomic mass is 35.5. The number of piperazine rings is 1. The standard InChI is InChI=1S/C20H21ClN2O3/c1-14(2)26-18-8-6-15(7-9-18)20(25)22-10-11-23(19(24)13-22)17-5-3-4-16(21)12-17/h3-9,12,14H,10-11,13H2,1-2H3. The Bertz CT molecular complexity index is 805. The Hall–Kier alpha value is -2.53. The number of carbonyl (C=O) groups excluding carboxylic acids is 2. The molecule has 136 valence electrons. The van der Waals surface area contributed by atoms with E-state index >= 15 is 0 Å². The number of hydrogen-bond acceptors (Lipinski definition) is 3. The average molecular weight is 373 g/mol. The van der Waals surface area contributed by atoms with Crippen LogP contribution in [0.25, 0.3) is 0 Å². The Labute approximate surface area is 158 Å². The Kier molecular flexibility index (Phi) is 5.47. The van der Waals surface area contributed by atoms with Crippen LogP contribution in [0.5, 0.6) is 5.75 Å². The summed E-state index contributed by atoms with van der Waals surface area (Å²) >= 11 is 6.00. The number of nitrogens with zero attached hydrogens (tertiary/aromatic N) is 2. The first kappa shape index (κ1) is 18.3. The van der Waals surface area contributed by atoms with Crippen molar-refractivity contribution >= 4 is 29.1 Å². The quantitative estimate of drug-likeness (QED) is 0.823. The zero-order valence-electron chi connectivity index (χ0n) is 14.8. The van der Waals surface area contributed by atoms with E-state index in [1.54, 1.807) is 46.2 Å². The highest BCUT2D eigenvalue weighted by Crippen LogP contribution is 2.22. The predicted molar refractivity (Wildman–Crippen MR) is 102 cm³/mol. The van der Waals surface area contributed by atoms with Gasteiger partial charge in [0.05, 0.1) is 6.10 Å². The summed E-state index contributed by atoms with van der Waals surface area (Å²) in [5.41, 5.74) is 1.30. The van der Waals surface area contributed by atoms with Gasteiger partial charge in [0.2, 0.25) is 5.91 Å². The minimum absolute atomic E-state index is 0.0512. The molecule has 0 radical (unpaired) electrons. The van der Waals surface area contributed by atoms with Crippen LogP contribution in [-0.4, -0.2) is 42.5 Å². The fourth-order valence-electron chi connectivity index (χ4n) is 2.89. The van der Waals surface area contributed by atoms with Gasteiger partial charge in [-0.25, -0.2) is 0 Å². The van der Waals surface area contributed by atoms with E-state index in [9.17, 15) is 9.59 Å². The SMILES string of the molecule is CC(C)Oc1ccc(C(=O)N2CCN(c3cccc(Cl)c3)C(=O)C2)cc1. The Morgan fingerprint density at radius 2 is 1.85 bits per heavy atom. The molecule has 0 atom stereocenters. The van der Waals surface area contributed by atoms with Crippen LogP contribution in [0.15, 0.2) is 48.5 Å². The fourth-order valence-corrected chi connectivity index (χ4v) is 3.08. The first-order chi connectivity index (χ1) is 12.4. The minimum atomic E-state index is -0.153. The highest BCUT2D eigenvalue weighted by molar-refractivity contribution is 6.30. The Morgan fingerprint density at radius 1 is 1.12 bits per heavy atom. The first-order valence-electron chi connectivity index (χ1n) is 8.56. The molecule has 0 N–H and O–H groups in total. The van der Waals surface area contributed by atoms with Crippen molar-refractivity contribution in [1.29, 1.82) is 0 Å². The van der Waals surface area contributed by atoms with Crippen LogP contribution in [-0.2, 0) is 4.79 Å². The molecule has 2 aromatic rings. The summed E-state index contributed by atoms with van der Waals surface area (Å²) in [6.45, 7) is 4.87. The molecule has 0 unspecified atom stereocenters. The number of benzene rings is 2. The van der Waals surface area contributed by atoms with Gasteiger partial charge in [0, 0.05) is 29.4 Å². The van der Waals surface area contributed by atoms with E-state index in [1.807, 2.05) is 26.0 Å². The maximum absolute atomic E-state index is 12.7. The summed E-state index contributed by atoms with van der Waals surface area (Å²) in [6, 6.07) is 14.2. The second kappa shape index (κ2) is 7.79. The van der Waals surface area contributed by atoms with Gasteiger partial charge in [-0.15, -0.1) is 0 Å². The first-order valence-corrected chi connectivity index (χ1v) is 8.94. The van der Waals surface area contributed by atoms with Crippen LogP contribution < -0.4 is 9.64 Å². The zero-order valence-corrected chi connectivity index (χ0v) is 15.6. The third-order valence-corrected chi connectivity index (χ3v) is 4.34. The van der Waals surface area contributed by atoms with Gasteiger partial charge >= 0.3 is 0 Å². The monoisotopic (exact) mass is 372 g/mol. The van der Waals surface area contributed by atoms with Gasteiger partial charge in [0.15, 0.2) is 0 Å². The van der Waals surface area contributed by atoms with Crippen LogP contribution >= 0.6 is 11.6 Å². The van der Waals surface area contributed by atoms with E-state index in [0.717, 1.165) is 11.4 Å². The highest BCUT2D eigenvalue weighted by Gasteiger charge is 2.28. The zero-order chi connectivity index (χ0) is 18.7. The van der Waals surface area contributed by atoms with E-state index in [-0.39, 0.29) is 24.5 Å². The number of carbonyl (C=O) groups is 2. The lowest BCUT2D eigenvalue weighted by Crippen LogP contribution is -2.52. The molecule has 1 aliphatic rings. The number of halogens is 1. The average Bonchev–Trinajstić information content (AvgIpc) is 2.61. The molecule has 1 aliphatic heterocycles. The number of ether oxygens (including phenoxy) is 1. The van der Waals surface area contributed by atoms with Gasteiger partial charge in [-0.3, -0.25) is 9.59 Å². The normalized spacial score (nSPS) is 14.7. The summed E-state index contributed by atoms with van der Waals surface area (Å²) in [6.07, 6.45) is 0.0775. The maximum atomic E-state index is 12.7. The van der Waals surface area contributed by atoms with Gasteiger partial charge in [-0.05, 0) is 56.3 Å². The molecule has 5 nitrogen and oxygen atoms in total. The molecule has 26 heavy (non-hydrogen) atoms. The lowest BCUT2D eigenvalue weighted by Gasteiger charge is -2.34. The van der Waals surface area contributed by atoms with E-state index in [2.05, 4.69) is 0 Å². The van der Waals surface area contributed by atoms with Crippen LogP contribution in [0, 0.1) is 0 Å². The molecule has 3 rings (SSSR count). The van der Waals surface area contributed by atoms with Gasteiger partial charge in [0.25, 0.3) is 5.91 Å². The van der Waals surface area contributed by atoms with Crippen molar-refractivity contribution < 1.29 is 14.3 Å². The van der Waals surface area contributed by atoms with E-state index in [1.165, 1.54) is 0 Å². The summed E-state index contributed by atoms with van der Waals surface area (Å²) in [5.74, 6) is 0.449. The maximum Gasteiger partial charge on any atom is 0.254 e. The van der Waals surface area contributed by atoms with Crippen LogP contribution in [0.1, 0.15) is 24.2 Å². The van der Waals surface area contributed by atoms with Gasteiger partial charge in [-0.1, -0.05) is 17.7 Å². The number of rotatable bonds is 4. The second-order valence-electron chi connectivity index (χ2n) is 6.44. The molecule has 1 heterocycles. The van der Waals surface area contributed by atoms with Crippen LogP contribution in [0.3, 0.4) is 0 Å². The summed E-state index contributed by atoms with van der Waals surface area (Å²) in [4.78, 5) is 28.4. The van der Waals surface area contributed by atoms with E-state index < -0.39 is 0 Å². The Morgan fingerprint density at radius 3 is 2.46 bits per heavy atom. The van der Waals surface area contributed by atoms with Crippen molar-refractivity contribution in [2.24, 2.45) is 0 Å². The van der Waals surface area contributed by atoms with Gasteiger partial charge < -0.3 is 14.5 Å². The molecule has 0 spiro atoms. The summed E-state index contributed by atoms with van der Waals surface area (Å²) in [7, 11) is 0. The topological polar surface area (TPSA) is 49.9 Å². The number of hydrogen-bond donors (Lipinski definition) is 0. The van der Waals surface area contributed by atoms with Crippen molar-refractivity contribution in [3.8, 4) is 5.75 Å². The molecule has 1 fully saturated rings. The Balaban J connectivity index is 1.66. The number of anilines is 1. The van der Waals surface area contributed by atoms with Crippen molar-refractivity contribution in [3.63, 3.8) is 0 Å². The predicted octanol–water partition coefficient (Wildman–Crippen LogP) is 3.62. The van der Waals surface area contributed by atoms with Gasteiger partial charge in [-0.2, -0.15) is 0 Å². The molecule has 0 aliphatic carbocycles. The third kappa shape index (κ3) is 4.17. The van der Waals surface area contributed by atoms with Crippen LogP contribution in [0.2, 0.25) is 5.02 Å². The lowest BCUT2D eigenvalue weighted by atomic mass is 10.1. The summed E-state index contributed by atoms with van der Waals surface area (Å²) < 4.78 is 5.59. The largest absolute Gasteiger partial charge is 0.491 e.